The van der Waals surface area contributed by atoms with Gasteiger partial charge >= 0.3 is 0 Å². The van der Waals surface area contributed by atoms with Crippen molar-refractivity contribution in [1.29, 1.82) is 0 Å². The first-order valence-corrected chi connectivity index (χ1v) is 20.4. The molecule has 0 saturated carbocycles. The highest BCUT2D eigenvalue weighted by Gasteiger charge is 2.37. The summed E-state index contributed by atoms with van der Waals surface area (Å²) in [6, 6.07) is 68.2. The van der Waals surface area contributed by atoms with Crippen LogP contribution in [0.1, 0.15) is 25.0 Å². The Balaban J connectivity index is 1.05. The van der Waals surface area contributed by atoms with Crippen LogP contribution in [0.2, 0.25) is 0 Å². The molecule has 1 aliphatic rings. The van der Waals surface area contributed by atoms with Crippen molar-refractivity contribution in [2.75, 3.05) is 0 Å². The van der Waals surface area contributed by atoms with Crippen LogP contribution >= 0.6 is 11.3 Å². The van der Waals surface area contributed by atoms with Crippen molar-refractivity contribution in [3.63, 3.8) is 0 Å². The van der Waals surface area contributed by atoms with Gasteiger partial charge in [-0.15, -0.1) is 11.3 Å². The Hall–Kier alpha value is -6.54. The van der Waals surface area contributed by atoms with Gasteiger partial charge in [-0.1, -0.05) is 172 Å². The van der Waals surface area contributed by atoms with E-state index in [4.69, 9.17) is 0 Å². The van der Waals surface area contributed by atoms with Crippen molar-refractivity contribution in [2.24, 2.45) is 0 Å². The Labute approximate surface area is 329 Å². The van der Waals surface area contributed by atoms with E-state index < -0.39 is 0 Å². The molecule has 0 aliphatic heterocycles. The van der Waals surface area contributed by atoms with Crippen LogP contribution in [0.25, 0.3) is 108 Å². The number of fused-ring (bicyclic) bond motifs is 11. The van der Waals surface area contributed by atoms with Crippen LogP contribution < -0.4 is 0 Å². The third kappa shape index (κ3) is 4.41. The highest BCUT2D eigenvalue weighted by atomic mass is 32.1. The minimum Gasteiger partial charge on any atom is -0.135 e. The molecule has 0 bridgehead atoms. The maximum atomic E-state index is 2.49. The number of hydrogen-bond acceptors (Lipinski definition) is 1. The first kappa shape index (κ1) is 31.8. The molecule has 11 aromatic rings. The van der Waals surface area contributed by atoms with Gasteiger partial charge in [0.2, 0.25) is 0 Å². The molecule has 0 spiro atoms. The van der Waals surface area contributed by atoms with E-state index in [0.29, 0.717) is 0 Å². The summed E-state index contributed by atoms with van der Waals surface area (Å²) in [5, 5.41) is 13.0. The average Bonchev–Trinajstić information content (AvgIpc) is 3.72. The fourth-order valence-electron chi connectivity index (χ4n) is 10.1. The van der Waals surface area contributed by atoms with E-state index in [1.54, 1.807) is 0 Å². The molecule has 10 aromatic carbocycles. The lowest BCUT2D eigenvalue weighted by atomic mass is 9.80. The lowest BCUT2D eigenvalue weighted by Crippen LogP contribution is -2.15. The van der Waals surface area contributed by atoms with Crippen LogP contribution in [0.5, 0.6) is 0 Å². The zero-order valence-electron chi connectivity index (χ0n) is 31.2. The third-order valence-electron chi connectivity index (χ3n) is 12.7. The molecule has 0 nitrogen and oxygen atoms in total. The van der Waals surface area contributed by atoms with Crippen molar-refractivity contribution in [3.8, 4) is 44.5 Å². The van der Waals surface area contributed by atoms with Crippen LogP contribution in [0.4, 0.5) is 0 Å². The second-order valence-corrected chi connectivity index (χ2v) is 17.0. The van der Waals surface area contributed by atoms with Gasteiger partial charge in [0.05, 0.1) is 0 Å². The fourth-order valence-corrected chi connectivity index (χ4v) is 11.2. The average molecular weight is 729 g/mol. The summed E-state index contributed by atoms with van der Waals surface area (Å²) < 4.78 is 2.71. The van der Waals surface area contributed by atoms with Crippen molar-refractivity contribution < 1.29 is 0 Å². The lowest BCUT2D eigenvalue weighted by molar-refractivity contribution is 0.661. The number of thiophene rings is 1. The number of benzene rings is 10. The second kappa shape index (κ2) is 11.7. The summed E-state index contributed by atoms with van der Waals surface area (Å²) >= 11 is 1.90. The van der Waals surface area contributed by atoms with Gasteiger partial charge in [-0.25, -0.2) is 0 Å². The maximum Gasteiger partial charge on any atom is 0.0362 e. The molecule has 1 aliphatic carbocycles. The summed E-state index contributed by atoms with van der Waals surface area (Å²) in [7, 11) is 0. The van der Waals surface area contributed by atoms with Crippen LogP contribution in [0, 0.1) is 0 Å². The summed E-state index contributed by atoms with van der Waals surface area (Å²) in [5.41, 5.74) is 13.1. The van der Waals surface area contributed by atoms with E-state index >= 15 is 0 Å². The predicted molar refractivity (Wildman–Crippen MR) is 243 cm³/mol. The highest BCUT2D eigenvalue weighted by Crippen LogP contribution is 2.54. The molecule has 0 fully saturated rings. The van der Waals surface area contributed by atoms with Gasteiger partial charge in [-0.2, -0.15) is 0 Å². The monoisotopic (exact) mass is 728 g/mol. The van der Waals surface area contributed by atoms with E-state index in [0.717, 1.165) is 0 Å². The minimum absolute atomic E-state index is 0.127. The van der Waals surface area contributed by atoms with Crippen LogP contribution in [0.3, 0.4) is 0 Å². The number of hydrogen-bond donors (Lipinski definition) is 0. The normalized spacial score (nSPS) is 13.3. The standard InChI is InChI=1S/C55H36S/c1-55(2)48-29-25-34-30-47-39-18-12-13-23-50(39)56-51(47)32-46(34)54(48)45-26-24-35(31-49(45)55)36-27-28-44(38-17-7-6-16-37(36)38)53-42-21-10-8-19-40(42)52(33-14-4-3-5-15-33)41-20-9-11-22-43(41)53/h3-32H,1-2H3. The molecular weight excluding hydrogens is 693 g/mol. The Kier molecular flexibility index (Phi) is 6.66. The van der Waals surface area contributed by atoms with Gasteiger partial charge in [0.25, 0.3) is 0 Å². The van der Waals surface area contributed by atoms with Gasteiger partial charge in [-0.3, -0.25) is 0 Å². The zero-order valence-corrected chi connectivity index (χ0v) is 32.0. The Bertz CT molecular complexity index is 3380. The molecular formula is C55H36S. The van der Waals surface area contributed by atoms with Crippen molar-refractivity contribution in [3.05, 3.63) is 193 Å². The molecule has 262 valence electrons. The topological polar surface area (TPSA) is 0 Å². The molecule has 0 amide bonds. The van der Waals surface area contributed by atoms with Gasteiger partial charge in [-0.05, 0) is 123 Å². The predicted octanol–water partition coefficient (Wildman–Crippen LogP) is 16.0. The molecule has 1 heteroatoms. The molecule has 56 heavy (non-hydrogen) atoms. The van der Waals surface area contributed by atoms with Crippen LogP contribution in [0.15, 0.2) is 182 Å². The second-order valence-electron chi connectivity index (χ2n) is 16.0. The largest absolute Gasteiger partial charge is 0.135 e. The van der Waals surface area contributed by atoms with E-state index in [-0.39, 0.29) is 5.41 Å². The SMILES string of the molecule is CC1(C)c2cc(-c3ccc(-c4c5ccccc5c(-c5ccccc5)c5ccccc45)c4ccccc34)ccc2-c2c1ccc1cc3c(cc21)sc1ccccc13. The van der Waals surface area contributed by atoms with Crippen molar-refractivity contribution in [2.45, 2.75) is 19.3 Å². The summed E-state index contributed by atoms with van der Waals surface area (Å²) in [6.45, 7) is 4.81. The van der Waals surface area contributed by atoms with E-state index in [1.807, 2.05) is 11.3 Å². The quantitative estimate of drug-likeness (QED) is 0.159. The Morgan fingerprint density at radius 2 is 0.893 bits per heavy atom. The van der Waals surface area contributed by atoms with Gasteiger partial charge in [0.1, 0.15) is 0 Å². The molecule has 1 heterocycles. The maximum absolute atomic E-state index is 2.49. The summed E-state index contributed by atoms with van der Waals surface area (Å²) in [6.07, 6.45) is 0. The number of rotatable bonds is 3. The van der Waals surface area contributed by atoms with Gasteiger partial charge < -0.3 is 0 Å². The lowest BCUT2D eigenvalue weighted by Gasteiger charge is -2.23. The molecule has 0 unspecified atom stereocenters. The van der Waals surface area contributed by atoms with Crippen LogP contribution in [-0.4, -0.2) is 0 Å². The molecule has 0 N–H and O–H groups in total. The Morgan fingerprint density at radius 3 is 1.61 bits per heavy atom. The van der Waals surface area contributed by atoms with Crippen LogP contribution in [-0.2, 0) is 5.41 Å². The van der Waals surface area contributed by atoms with Crippen molar-refractivity contribution >= 4 is 74.6 Å². The zero-order chi connectivity index (χ0) is 37.1. The smallest absolute Gasteiger partial charge is 0.0362 e. The third-order valence-corrected chi connectivity index (χ3v) is 13.8. The molecule has 1 aromatic heterocycles. The van der Waals surface area contributed by atoms with E-state index in [2.05, 4.69) is 196 Å². The molecule has 12 rings (SSSR count). The van der Waals surface area contributed by atoms with Gasteiger partial charge in [0, 0.05) is 25.6 Å². The summed E-state index contributed by atoms with van der Waals surface area (Å²) in [5.74, 6) is 0. The fraction of sp³-hybridized carbons (Fsp3) is 0.0545. The van der Waals surface area contributed by atoms with Gasteiger partial charge in [0.15, 0.2) is 0 Å². The molecule has 0 radical (unpaired) electrons. The first-order chi connectivity index (χ1) is 27.5. The van der Waals surface area contributed by atoms with Crippen molar-refractivity contribution in [1.82, 2.24) is 0 Å². The first-order valence-electron chi connectivity index (χ1n) is 19.6. The van der Waals surface area contributed by atoms with E-state index in [9.17, 15) is 0 Å². The molecule has 0 saturated heterocycles. The highest BCUT2D eigenvalue weighted by molar-refractivity contribution is 7.25. The molecule has 0 atom stereocenters. The Morgan fingerprint density at radius 1 is 0.321 bits per heavy atom. The summed E-state index contributed by atoms with van der Waals surface area (Å²) in [4.78, 5) is 0. The van der Waals surface area contributed by atoms with E-state index in [1.165, 1.54) is 119 Å². The minimum atomic E-state index is -0.127.